The first kappa shape index (κ1) is 16.7. The lowest BCUT2D eigenvalue weighted by Gasteiger charge is -2.50. The zero-order chi connectivity index (χ0) is 17.1. The van der Waals surface area contributed by atoms with Crippen molar-refractivity contribution in [2.75, 3.05) is 26.3 Å². The largest absolute Gasteiger partial charge is 0.376 e. The summed E-state index contributed by atoms with van der Waals surface area (Å²) >= 11 is 0. The Morgan fingerprint density at radius 3 is 2.84 bits per heavy atom. The van der Waals surface area contributed by atoms with Gasteiger partial charge in [0.1, 0.15) is 0 Å². The summed E-state index contributed by atoms with van der Waals surface area (Å²) in [6, 6.07) is 12.8. The van der Waals surface area contributed by atoms with Crippen molar-refractivity contribution in [1.82, 2.24) is 9.88 Å². The highest BCUT2D eigenvalue weighted by Crippen LogP contribution is 2.40. The summed E-state index contributed by atoms with van der Waals surface area (Å²) in [6.45, 7) is 7.49. The lowest BCUT2D eigenvalue weighted by molar-refractivity contribution is -0.146. The highest BCUT2D eigenvalue weighted by atomic mass is 16.5. The molecule has 1 aromatic heterocycles. The molecule has 0 bridgehead atoms. The Hall–Kier alpha value is -1.75. The van der Waals surface area contributed by atoms with Crippen molar-refractivity contribution >= 4 is 0 Å². The van der Waals surface area contributed by atoms with Crippen LogP contribution in [0.3, 0.4) is 0 Å². The molecule has 2 aliphatic rings. The van der Waals surface area contributed by atoms with Crippen LogP contribution in [0, 0.1) is 12.8 Å². The first-order chi connectivity index (χ1) is 12.2. The number of hydrogen-bond donors (Lipinski definition) is 0. The van der Waals surface area contributed by atoms with Gasteiger partial charge in [-0.3, -0.25) is 9.88 Å². The number of rotatable bonds is 6. The Morgan fingerprint density at radius 1 is 1.20 bits per heavy atom. The maximum Gasteiger partial charge on any atom is 0.0985 e. The highest BCUT2D eigenvalue weighted by molar-refractivity contribution is 5.23. The molecule has 2 fully saturated rings. The van der Waals surface area contributed by atoms with E-state index in [2.05, 4.69) is 41.1 Å². The van der Waals surface area contributed by atoms with Gasteiger partial charge in [-0.1, -0.05) is 29.8 Å². The van der Waals surface area contributed by atoms with E-state index in [1.165, 1.54) is 16.7 Å². The Labute approximate surface area is 149 Å². The van der Waals surface area contributed by atoms with Crippen LogP contribution in [0.2, 0.25) is 0 Å². The predicted molar refractivity (Wildman–Crippen MR) is 97.1 cm³/mol. The van der Waals surface area contributed by atoms with Crippen LogP contribution in [0.15, 0.2) is 48.8 Å². The van der Waals surface area contributed by atoms with Crippen LogP contribution < -0.4 is 0 Å². The summed E-state index contributed by atoms with van der Waals surface area (Å²) in [5, 5.41) is 0. The van der Waals surface area contributed by atoms with E-state index in [1.807, 2.05) is 24.5 Å². The van der Waals surface area contributed by atoms with Gasteiger partial charge in [0.2, 0.25) is 0 Å². The van der Waals surface area contributed by atoms with Gasteiger partial charge in [0.15, 0.2) is 0 Å². The lowest BCUT2D eigenvalue weighted by atomic mass is 9.81. The van der Waals surface area contributed by atoms with E-state index in [1.54, 1.807) is 0 Å². The van der Waals surface area contributed by atoms with E-state index >= 15 is 0 Å². The molecule has 2 aliphatic heterocycles. The fraction of sp³-hybridized carbons (Fsp3) is 0.476. The average molecular weight is 338 g/mol. The second-order valence-corrected chi connectivity index (χ2v) is 7.40. The van der Waals surface area contributed by atoms with Crippen molar-refractivity contribution in [1.29, 1.82) is 0 Å². The van der Waals surface area contributed by atoms with Gasteiger partial charge < -0.3 is 9.47 Å². The fourth-order valence-electron chi connectivity index (χ4n) is 4.06. The predicted octanol–water partition coefficient (Wildman–Crippen LogP) is 3.20. The Kier molecular flexibility index (Phi) is 4.84. The Morgan fingerprint density at radius 2 is 2.04 bits per heavy atom. The maximum absolute atomic E-state index is 6.15. The molecule has 0 unspecified atom stereocenters. The van der Waals surface area contributed by atoms with Crippen molar-refractivity contribution in [3.05, 3.63) is 65.5 Å². The lowest BCUT2D eigenvalue weighted by Crippen LogP contribution is -2.64. The molecule has 4 nitrogen and oxygen atoms in total. The number of nitrogens with zero attached hydrogens (tertiary/aromatic N) is 2. The third-order valence-electron chi connectivity index (χ3n) is 5.41. The van der Waals surface area contributed by atoms with Gasteiger partial charge in [-0.25, -0.2) is 0 Å². The van der Waals surface area contributed by atoms with E-state index in [9.17, 15) is 0 Å². The number of benzene rings is 1. The molecule has 4 heteroatoms. The fourth-order valence-corrected chi connectivity index (χ4v) is 4.06. The molecule has 0 saturated carbocycles. The first-order valence-electron chi connectivity index (χ1n) is 9.12. The maximum atomic E-state index is 6.15. The molecule has 0 amide bonds. The molecule has 2 aromatic rings. The van der Waals surface area contributed by atoms with Crippen LogP contribution in [-0.2, 0) is 22.6 Å². The molecule has 4 rings (SSSR count). The van der Waals surface area contributed by atoms with E-state index < -0.39 is 0 Å². The summed E-state index contributed by atoms with van der Waals surface area (Å²) < 4.78 is 12.1. The molecular weight excluding hydrogens is 312 g/mol. The van der Waals surface area contributed by atoms with E-state index in [0.29, 0.717) is 12.5 Å². The first-order valence-corrected chi connectivity index (χ1v) is 9.12. The zero-order valence-electron chi connectivity index (χ0n) is 14.9. The third-order valence-corrected chi connectivity index (χ3v) is 5.41. The second-order valence-electron chi connectivity index (χ2n) is 7.40. The minimum absolute atomic E-state index is 0.0159. The van der Waals surface area contributed by atoms with E-state index in [-0.39, 0.29) is 5.60 Å². The van der Waals surface area contributed by atoms with Crippen LogP contribution >= 0.6 is 0 Å². The topological polar surface area (TPSA) is 34.6 Å². The van der Waals surface area contributed by atoms with Crippen LogP contribution in [0.5, 0.6) is 0 Å². The smallest absolute Gasteiger partial charge is 0.0985 e. The molecule has 0 N–H and O–H groups in total. The summed E-state index contributed by atoms with van der Waals surface area (Å²) in [5.41, 5.74) is 3.91. The normalized spacial score (nSPS) is 22.2. The molecule has 2 saturated heterocycles. The van der Waals surface area contributed by atoms with E-state index in [0.717, 1.165) is 39.3 Å². The van der Waals surface area contributed by atoms with Gasteiger partial charge in [0.05, 0.1) is 18.8 Å². The molecule has 1 aromatic carbocycles. The minimum Gasteiger partial charge on any atom is -0.376 e. The Balaban J connectivity index is 1.27. The SMILES string of the molecule is Cc1cccc(CN2CC3(C2)OCC[C@@H]3COCc2ccncc2)c1. The monoisotopic (exact) mass is 338 g/mol. The van der Waals surface area contributed by atoms with E-state index in [4.69, 9.17) is 9.47 Å². The summed E-state index contributed by atoms with van der Waals surface area (Å²) in [4.78, 5) is 6.53. The number of aromatic nitrogens is 1. The summed E-state index contributed by atoms with van der Waals surface area (Å²) in [7, 11) is 0. The second kappa shape index (κ2) is 7.24. The van der Waals surface area contributed by atoms with Gasteiger partial charge in [-0.05, 0) is 36.6 Å². The molecule has 0 radical (unpaired) electrons. The molecule has 1 spiro atoms. The van der Waals surface area contributed by atoms with Gasteiger partial charge >= 0.3 is 0 Å². The van der Waals surface area contributed by atoms with Gasteiger partial charge in [-0.2, -0.15) is 0 Å². The van der Waals surface area contributed by atoms with Crippen molar-refractivity contribution in [3.8, 4) is 0 Å². The standard InChI is InChI=1S/C21H26N2O2/c1-17-3-2-4-19(11-17)12-23-15-21(16-23)20(7-10-25-21)14-24-13-18-5-8-22-9-6-18/h2-6,8-9,11,20H,7,10,12-16H2,1H3/t20-/m1/s1. The average Bonchev–Trinajstić information content (AvgIpc) is 2.99. The van der Waals surface area contributed by atoms with Gasteiger partial charge in [0, 0.05) is 44.6 Å². The zero-order valence-corrected chi connectivity index (χ0v) is 14.9. The minimum atomic E-state index is 0.0159. The van der Waals surface area contributed by atoms with Gasteiger partial charge in [-0.15, -0.1) is 0 Å². The number of likely N-dealkylation sites (tertiary alicyclic amines) is 1. The molecule has 132 valence electrons. The quantitative estimate of drug-likeness (QED) is 0.810. The number of ether oxygens (including phenoxy) is 2. The van der Waals surface area contributed by atoms with Gasteiger partial charge in [0.25, 0.3) is 0 Å². The highest BCUT2D eigenvalue weighted by Gasteiger charge is 2.52. The number of pyridine rings is 1. The van der Waals surface area contributed by atoms with Crippen LogP contribution in [-0.4, -0.2) is 41.8 Å². The summed E-state index contributed by atoms with van der Waals surface area (Å²) in [6.07, 6.45) is 4.73. The van der Waals surface area contributed by atoms with Crippen molar-refractivity contribution in [2.45, 2.75) is 32.1 Å². The Bertz CT molecular complexity index is 698. The molecular formula is C21H26N2O2. The van der Waals surface area contributed by atoms with Crippen LogP contribution in [0.1, 0.15) is 23.1 Å². The van der Waals surface area contributed by atoms with Crippen LogP contribution in [0.25, 0.3) is 0 Å². The van der Waals surface area contributed by atoms with Crippen molar-refractivity contribution in [3.63, 3.8) is 0 Å². The molecule has 25 heavy (non-hydrogen) atoms. The third kappa shape index (κ3) is 3.76. The molecule has 1 atom stereocenters. The number of hydrogen-bond acceptors (Lipinski definition) is 4. The molecule has 3 heterocycles. The number of aryl methyl sites for hydroxylation is 1. The molecule has 0 aliphatic carbocycles. The van der Waals surface area contributed by atoms with Crippen molar-refractivity contribution in [2.24, 2.45) is 5.92 Å². The summed E-state index contributed by atoms with van der Waals surface area (Å²) in [5.74, 6) is 0.503. The van der Waals surface area contributed by atoms with Crippen LogP contribution in [0.4, 0.5) is 0 Å². The van der Waals surface area contributed by atoms with Crippen molar-refractivity contribution < 1.29 is 9.47 Å².